The van der Waals surface area contributed by atoms with Crippen molar-refractivity contribution in [3.63, 3.8) is 0 Å². The second-order valence-electron chi connectivity index (χ2n) is 5.44. The van der Waals surface area contributed by atoms with Crippen LogP contribution >= 0.6 is 11.6 Å². The Kier molecular flexibility index (Phi) is 5.23. The van der Waals surface area contributed by atoms with E-state index in [2.05, 4.69) is 4.99 Å². The van der Waals surface area contributed by atoms with Gasteiger partial charge in [0.25, 0.3) is 0 Å². The van der Waals surface area contributed by atoms with Crippen LogP contribution in [0.25, 0.3) is 6.08 Å². The quantitative estimate of drug-likeness (QED) is 0.452. The van der Waals surface area contributed by atoms with Crippen LogP contribution < -0.4 is 9.47 Å². The third-order valence-corrected chi connectivity index (χ3v) is 3.81. The average Bonchev–Trinajstić information content (AvgIpc) is 2.97. The Bertz CT molecular complexity index is 1000. The number of nitrogens with zero attached hydrogens (tertiary/aromatic N) is 1. The molecule has 138 valence electrons. The molecule has 0 unspecified atom stereocenters. The zero-order valence-electron chi connectivity index (χ0n) is 14.3. The van der Waals surface area contributed by atoms with Gasteiger partial charge in [0.05, 0.1) is 17.7 Å². The van der Waals surface area contributed by atoms with Crippen LogP contribution in [0, 0.1) is 5.82 Å². The second-order valence-corrected chi connectivity index (χ2v) is 5.85. The van der Waals surface area contributed by atoms with Crippen molar-refractivity contribution in [2.75, 3.05) is 7.11 Å². The summed E-state index contributed by atoms with van der Waals surface area (Å²) in [7, 11) is 1.38. The van der Waals surface area contributed by atoms with Gasteiger partial charge in [0, 0.05) is 6.92 Å². The van der Waals surface area contributed by atoms with Crippen LogP contribution in [0.4, 0.5) is 4.39 Å². The maximum Gasteiger partial charge on any atom is 0.363 e. The van der Waals surface area contributed by atoms with Crippen LogP contribution in [-0.4, -0.2) is 24.9 Å². The highest BCUT2D eigenvalue weighted by Crippen LogP contribution is 2.37. The summed E-state index contributed by atoms with van der Waals surface area (Å²) in [5.74, 6) is -1.69. The number of cyclic esters (lactones) is 1. The van der Waals surface area contributed by atoms with Gasteiger partial charge in [-0.25, -0.2) is 14.2 Å². The van der Waals surface area contributed by atoms with Gasteiger partial charge in [-0.05, 0) is 35.9 Å². The second kappa shape index (κ2) is 7.59. The average molecular weight is 390 g/mol. The maximum atomic E-state index is 13.9. The molecular formula is C19H13ClFNO5. The molecule has 1 heterocycles. The molecule has 0 radical (unpaired) electrons. The fraction of sp³-hybridized carbons (Fsp3) is 0.105. The molecule has 0 N–H and O–H groups in total. The highest BCUT2D eigenvalue weighted by molar-refractivity contribution is 6.32. The summed E-state index contributed by atoms with van der Waals surface area (Å²) < 4.78 is 29.1. The van der Waals surface area contributed by atoms with Gasteiger partial charge in [-0.15, -0.1) is 0 Å². The van der Waals surface area contributed by atoms with Crippen molar-refractivity contribution in [3.05, 3.63) is 64.1 Å². The lowest BCUT2D eigenvalue weighted by molar-refractivity contribution is -0.132. The topological polar surface area (TPSA) is 74.2 Å². The predicted octanol–water partition coefficient (Wildman–Crippen LogP) is 3.76. The number of rotatable bonds is 4. The Balaban J connectivity index is 1.99. The summed E-state index contributed by atoms with van der Waals surface area (Å²) in [4.78, 5) is 27.3. The van der Waals surface area contributed by atoms with Crippen LogP contribution in [-0.2, 0) is 14.3 Å². The summed E-state index contributed by atoms with van der Waals surface area (Å²) in [6.07, 6.45) is 1.40. The molecule has 0 saturated carbocycles. The third kappa shape index (κ3) is 3.98. The first-order valence-corrected chi connectivity index (χ1v) is 8.10. The van der Waals surface area contributed by atoms with Crippen molar-refractivity contribution in [3.8, 4) is 11.5 Å². The standard InChI is InChI=1S/C19H13ClFNO5/c1-10(23)26-17-13(20)7-11(9-16(17)25-2)8-15-19(24)27-18(22-15)12-5-3-4-6-14(12)21/h3-9H,1-2H3/b15-8+. The Labute approximate surface area is 158 Å². The van der Waals surface area contributed by atoms with E-state index < -0.39 is 17.8 Å². The molecule has 0 aliphatic carbocycles. The molecule has 0 atom stereocenters. The monoisotopic (exact) mass is 389 g/mol. The van der Waals surface area contributed by atoms with Crippen LogP contribution in [0.5, 0.6) is 11.5 Å². The number of methoxy groups -OCH3 is 1. The smallest absolute Gasteiger partial charge is 0.363 e. The van der Waals surface area contributed by atoms with E-state index in [-0.39, 0.29) is 33.7 Å². The fourth-order valence-electron chi connectivity index (χ4n) is 2.38. The number of carbonyl (C=O) groups is 2. The van der Waals surface area contributed by atoms with E-state index in [0.29, 0.717) is 5.56 Å². The van der Waals surface area contributed by atoms with Crippen LogP contribution in [0.15, 0.2) is 47.1 Å². The zero-order chi connectivity index (χ0) is 19.6. The lowest BCUT2D eigenvalue weighted by atomic mass is 10.1. The Hall–Kier alpha value is -3.19. The van der Waals surface area contributed by atoms with Crippen LogP contribution in [0.1, 0.15) is 18.1 Å². The molecule has 1 aliphatic heterocycles. The maximum absolute atomic E-state index is 13.9. The summed E-state index contributed by atoms with van der Waals surface area (Å²) >= 11 is 6.14. The third-order valence-electron chi connectivity index (χ3n) is 3.53. The van der Waals surface area contributed by atoms with Crippen LogP contribution in [0.3, 0.4) is 0 Å². The van der Waals surface area contributed by atoms with Gasteiger partial charge in [0.2, 0.25) is 5.90 Å². The van der Waals surface area contributed by atoms with Gasteiger partial charge < -0.3 is 14.2 Å². The molecule has 2 aromatic rings. The van der Waals surface area contributed by atoms with Gasteiger partial charge in [-0.3, -0.25) is 4.79 Å². The van der Waals surface area contributed by atoms with E-state index in [4.69, 9.17) is 25.8 Å². The lowest BCUT2D eigenvalue weighted by Gasteiger charge is -2.10. The van der Waals surface area contributed by atoms with Crippen molar-refractivity contribution < 1.29 is 28.2 Å². The van der Waals surface area contributed by atoms with E-state index >= 15 is 0 Å². The van der Waals surface area contributed by atoms with Crippen LogP contribution in [0.2, 0.25) is 5.02 Å². The molecule has 0 bridgehead atoms. The number of aliphatic imine (C=N–C) groups is 1. The molecule has 0 spiro atoms. The number of hydrogen-bond donors (Lipinski definition) is 0. The van der Waals surface area contributed by atoms with E-state index in [9.17, 15) is 14.0 Å². The minimum Gasteiger partial charge on any atom is -0.493 e. The Morgan fingerprint density at radius 1 is 1.30 bits per heavy atom. The Morgan fingerprint density at radius 2 is 2.04 bits per heavy atom. The van der Waals surface area contributed by atoms with Crippen molar-refractivity contribution >= 4 is 35.5 Å². The molecule has 1 aliphatic rings. The lowest BCUT2D eigenvalue weighted by Crippen LogP contribution is -2.07. The Morgan fingerprint density at radius 3 is 2.70 bits per heavy atom. The number of benzene rings is 2. The molecule has 3 rings (SSSR count). The number of esters is 2. The number of ether oxygens (including phenoxy) is 3. The SMILES string of the molecule is COc1cc(/C=C2/N=C(c3ccccc3F)OC2=O)cc(Cl)c1OC(C)=O. The van der Waals surface area contributed by atoms with E-state index in [0.717, 1.165) is 0 Å². The molecule has 2 aromatic carbocycles. The minimum atomic E-state index is -0.729. The largest absolute Gasteiger partial charge is 0.493 e. The van der Waals surface area contributed by atoms with Crippen molar-refractivity contribution in [1.82, 2.24) is 0 Å². The molecule has 0 aromatic heterocycles. The van der Waals surface area contributed by atoms with Gasteiger partial charge in [0.15, 0.2) is 17.2 Å². The molecule has 6 nitrogen and oxygen atoms in total. The van der Waals surface area contributed by atoms with E-state index in [1.807, 2.05) is 0 Å². The number of hydrogen-bond acceptors (Lipinski definition) is 6. The molecule has 0 saturated heterocycles. The summed E-state index contributed by atoms with van der Waals surface area (Å²) in [5.41, 5.74) is 0.500. The first-order chi connectivity index (χ1) is 12.9. The molecule has 0 amide bonds. The van der Waals surface area contributed by atoms with Crippen molar-refractivity contribution in [1.29, 1.82) is 0 Å². The summed E-state index contributed by atoms with van der Waals surface area (Å²) in [6, 6.07) is 8.81. The molecular weight excluding hydrogens is 377 g/mol. The van der Waals surface area contributed by atoms with Crippen molar-refractivity contribution in [2.45, 2.75) is 6.92 Å². The van der Waals surface area contributed by atoms with Gasteiger partial charge in [-0.1, -0.05) is 23.7 Å². The summed E-state index contributed by atoms with van der Waals surface area (Å²) in [6.45, 7) is 1.24. The molecule has 8 heteroatoms. The van der Waals surface area contributed by atoms with Gasteiger partial charge in [-0.2, -0.15) is 0 Å². The van der Waals surface area contributed by atoms with Gasteiger partial charge in [0.1, 0.15) is 5.82 Å². The fourth-order valence-corrected chi connectivity index (χ4v) is 2.64. The molecule has 0 fully saturated rings. The van der Waals surface area contributed by atoms with Crippen molar-refractivity contribution in [2.24, 2.45) is 4.99 Å². The highest BCUT2D eigenvalue weighted by atomic mass is 35.5. The minimum absolute atomic E-state index is 0.0355. The van der Waals surface area contributed by atoms with E-state index in [1.165, 1.54) is 50.4 Å². The highest BCUT2D eigenvalue weighted by Gasteiger charge is 2.26. The number of carbonyl (C=O) groups excluding carboxylic acids is 2. The first-order valence-electron chi connectivity index (χ1n) is 7.72. The van der Waals surface area contributed by atoms with E-state index in [1.54, 1.807) is 6.07 Å². The zero-order valence-corrected chi connectivity index (χ0v) is 15.0. The molecule has 27 heavy (non-hydrogen) atoms. The number of halogens is 2. The predicted molar refractivity (Wildman–Crippen MR) is 96.3 cm³/mol. The normalized spacial score (nSPS) is 14.7. The van der Waals surface area contributed by atoms with Gasteiger partial charge >= 0.3 is 11.9 Å². The summed E-state index contributed by atoms with van der Waals surface area (Å²) in [5, 5.41) is 0.112. The first kappa shape index (κ1) is 18.6.